The van der Waals surface area contributed by atoms with Crippen LogP contribution >= 0.6 is 0 Å². The Kier molecular flexibility index (Phi) is 4.83. The average Bonchev–Trinajstić information content (AvgIpc) is 2.68. The van der Waals surface area contributed by atoms with E-state index >= 15 is 0 Å². The van der Waals surface area contributed by atoms with E-state index in [0.717, 1.165) is 6.61 Å². The first-order valence-electron chi connectivity index (χ1n) is 7.28. The molecule has 2 aliphatic rings. The summed E-state index contributed by atoms with van der Waals surface area (Å²) in [7, 11) is 1.82. The van der Waals surface area contributed by atoms with E-state index in [1.807, 2.05) is 7.11 Å². The van der Waals surface area contributed by atoms with Crippen LogP contribution < -0.4 is 5.32 Å². The molecule has 0 aromatic carbocycles. The fraction of sp³-hybridized carbons (Fsp3) is 1.00. The molecule has 1 heterocycles. The normalized spacial score (nSPS) is 27.2. The summed E-state index contributed by atoms with van der Waals surface area (Å²) < 4.78 is 5.38. The second-order valence-electron chi connectivity index (χ2n) is 5.76. The van der Waals surface area contributed by atoms with Gasteiger partial charge in [-0.05, 0) is 38.8 Å². The lowest BCUT2D eigenvalue weighted by molar-refractivity contribution is 0.0745. The third-order valence-corrected chi connectivity index (χ3v) is 4.54. The van der Waals surface area contributed by atoms with E-state index in [2.05, 4.69) is 17.1 Å². The third-order valence-electron chi connectivity index (χ3n) is 4.54. The Morgan fingerprint density at radius 1 is 1.29 bits per heavy atom. The Morgan fingerprint density at radius 3 is 2.71 bits per heavy atom. The van der Waals surface area contributed by atoms with Gasteiger partial charge in [-0.1, -0.05) is 19.8 Å². The monoisotopic (exact) mass is 240 g/mol. The Bertz CT molecular complexity index is 226. The number of rotatable bonds is 4. The highest BCUT2D eigenvalue weighted by atomic mass is 16.5. The minimum atomic E-state index is 0.428. The molecule has 2 fully saturated rings. The second kappa shape index (κ2) is 6.17. The van der Waals surface area contributed by atoms with Gasteiger partial charge in [0.2, 0.25) is 0 Å². The minimum Gasteiger partial charge on any atom is -0.383 e. The molecule has 1 atom stereocenters. The minimum absolute atomic E-state index is 0.428. The van der Waals surface area contributed by atoms with Crippen molar-refractivity contribution in [1.82, 2.24) is 10.2 Å². The van der Waals surface area contributed by atoms with Crippen LogP contribution in [0.4, 0.5) is 0 Å². The van der Waals surface area contributed by atoms with Crippen molar-refractivity contribution >= 4 is 0 Å². The Labute approximate surface area is 106 Å². The zero-order valence-electron chi connectivity index (χ0n) is 11.5. The number of hydrogen-bond acceptors (Lipinski definition) is 3. The summed E-state index contributed by atoms with van der Waals surface area (Å²) in [6.45, 7) is 6.82. The molecule has 1 spiro atoms. The lowest BCUT2D eigenvalue weighted by atomic mass is 9.96. The van der Waals surface area contributed by atoms with Gasteiger partial charge in [-0.3, -0.25) is 4.90 Å². The molecular weight excluding hydrogens is 212 g/mol. The van der Waals surface area contributed by atoms with Gasteiger partial charge in [-0.2, -0.15) is 0 Å². The highest BCUT2D eigenvalue weighted by Crippen LogP contribution is 2.32. The van der Waals surface area contributed by atoms with Crippen molar-refractivity contribution in [2.45, 2.75) is 57.0 Å². The highest BCUT2D eigenvalue weighted by molar-refractivity contribution is 4.97. The van der Waals surface area contributed by atoms with Crippen LogP contribution in [0.1, 0.15) is 45.4 Å². The highest BCUT2D eigenvalue weighted by Gasteiger charge is 2.37. The van der Waals surface area contributed by atoms with Gasteiger partial charge in [-0.25, -0.2) is 0 Å². The predicted molar refractivity (Wildman–Crippen MR) is 71.3 cm³/mol. The van der Waals surface area contributed by atoms with Gasteiger partial charge in [0.15, 0.2) is 0 Å². The van der Waals surface area contributed by atoms with E-state index in [1.54, 1.807) is 0 Å². The number of nitrogens with zero attached hydrogens (tertiary/aromatic N) is 1. The van der Waals surface area contributed by atoms with E-state index in [1.165, 1.54) is 58.2 Å². The predicted octanol–water partition coefficient (Wildman–Crippen LogP) is 2.02. The molecule has 0 amide bonds. The molecule has 0 aromatic heterocycles. The summed E-state index contributed by atoms with van der Waals surface area (Å²) >= 11 is 0. The standard InChI is InChI=1S/C14H28N2O/c1-3-13(11-17-2)16-10-6-9-15-14(12-16)7-4-5-8-14/h13,15H,3-12H2,1-2H3. The van der Waals surface area contributed by atoms with Gasteiger partial charge in [0.25, 0.3) is 0 Å². The van der Waals surface area contributed by atoms with Crippen LogP contribution in [-0.4, -0.2) is 49.8 Å². The molecule has 3 heteroatoms. The largest absolute Gasteiger partial charge is 0.383 e. The number of ether oxygens (including phenoxy) is 1. The van der Waals surface area contributed by atoms with Crippen LogP contribution in [0.2, 0.25) is 0 Å². The third kappa shape index (κ3) is 3.21. The Balaban J connectivity index is 2.00. The molecule has 0 bridgehead atoms. The van der Waals surface area contributed by atoms with Gasteiger partial charge >= 0.3 is 0 Å². The summed E-state index contributed by atoms with van der Waals surface area (Å²) in [4.78, 5) is 2.68. The maximum Gasteiger partial charge on any atom is 0.0617 e. The van der Waals surface area contributed by atoms with Crippen molar-refractivity contribution in [2.24, 2.45) is 0 Å². The summed E-state index contributed by atoms with van der Waals surface area (Å²) in [6, 6.07) is 0.609. The fourth-order valence-electron chi connectivity index (χ4n) is 3.53. The van der Waals surface area contributed by atoms with Crippen molar-refractivity contribution in [3.05, 3.63) is 0 Å². The van der Waals surface area contributed by atoms with Crippen LogP contribution in [0.3, 0.4) is 0 Å². The van der Waals surface area contributed by atoms with Crippen molar-refractivity contribution in [3.8, 4) is 0 Å². The molecule has 1 saturated heterocycles. The van der Waals surface area contributed by atoms with Gasteiger partial charge in [-0.15, -0.1) is 0 Å². The zero-order valence-corrected chi connectivity index (χ0v) is 11.5. The van der Waals surface area contributed by atoms with Gasteiger partial charge in [0, 0.05) is 25.2 Å². The lowest BCUT2D eigenvalue weighted by Gasteiger charge is -2.37. The van der Waals surface area contributed by atoms with Gasteiger partial charge in [0.05, 0.1) is 6.61 Å². The number of methoxy groups -OCH3 is 1. The molecule has 1 N–H and O–H groups in total. The van der Waals surface area contributed by atoms with E-state index in [0.29, 0.717) is 11.6 Å². The molecule has 1 aliphatic carbocycles. The number of hydrogen-bond donors (Lipinski definition) is 1. The SMILES string of the molecule is CCC(COC)N1CCCNC2(CCCC2)C1. The lowest BCUT2D eigenvalue weighted by Crippen LogP contribution is -2.52. The Hall–Kier alpha value is -0.120. The molecular formula is C14H28N2O. The molecule has 0 aromatic rings. The molecule has 2 rings (SSSR count). The maximum atomic E-state index is 5.38. The molecule has 1 saturated carbocycles. The molecule has 1 unspecified atom stereocenters. The van der Waals surface area contributed by atoms with E-state index in [9.17, 15) is 0 Å². The van der Waals surface area contributed by atoms with Crippen LogP contribution in [0.25, 0.3) is 0 Å². The maximum absolute atomic E-state index is 5.38. The summed E-state index contributed by atoms with van der Waals surface area (Å²) in [5, 5.41) is 3.83. The first-order chi connectivity index (χ1) is 8.29. The number of nitrogens with one attached hydrogen (secondary N) is 1. The van der Waals surface area contributed by atoms with E-state index < -0.39 is 0 Å². The molecule has 100 valence electrons. The van der Waals surface area contributed by atoms with Gasteiger partial charge in [0.1, 0.15) is 0 Å². The topological polar surface area (TPSA) is 24.5 Å². The smallest absolute Gasteiger partial charge is 0.0617 e. The van der Waals surface area contributed by atoms with Crippen molar-refractivity contribution in [3.63, 3.8) is 0 Å². The quantitative estimate of drug-likeness (QED) is 0.813. The first kappa shape index (κ1) is 13.3. The van der Waals surface area contributed by atoms with Crippen LogP contribution in [-0.2, 0) is 4.74 Å². The van der Waals surface area contributed by atoms with Crippen LogP contribution in [0, 0.1) is 0 Å². The Morgan fingerprint density at radius 2 is 2.06 bits per heavy atom. The first-order valence-corrected chi connectivity index (χ1v) is 7.28. The fourth-order valence-corrected chi connectivity index (χ4v) is 3.53. The molecule has 1 aliphatic heterocycles. The average molecular weight is 240 g/mol. The molecule has 17 heavy (non-hydrogen) atoms. The zero-order chi connectivity index (χ0) is 12.1. The van der Waals surface area contributed by atoms with Crippen LogP contribution in [0.5, 0.6) is 0 Å². The van der Waals surface area contributed by atoms with E-state index in [4.69, 9.17) is 4.74 Å². The van der Waals surface area contributed by atoms with Crippen LogP contribution in [0.15, 0.2) is 0 Å². The molecule has 3 nitrogen and oxygen atoms in total. The summed E-state index contributed by atoms with van der Waals surface area (Å²) in [5.41, 5.74) is 0.428. The second-order valence-corrected chi connectivity index (χ2v) is 5.76. The summed E-state index contributed by atoms with van der Waals surface area (Å²) in [5.74, 6) is 0. The summed E-state index contributed by atoms with van der Waals surface area (Å²) in [6.07, 6.45) is 8.02. The van der Waals surface area contributed by atoms with Crippen molar-refractivity contribution in [2.75, 3.05) is 33.4 Å². The van der Waals surface area contributed by atoms with Crippen molar-refractivity contribution < 1.29 is 4.74 Å². The molecule has 0 radical (unpaired) electrons. The van der Waals surface area contributed by atoms with E-state index in [-0.39, 0.29) is 0 Å². The van der Waals surface area contributed by atoms with Crippen molar-refractivity contribution in [1.29, 1.82) is 0 Å². The van der Waals surface area contributed by atoms with Gasteiger partial charge < -0.3 is 10.1 Å².